The largest absolute Gasteiger partial charge is 0.493 e. The number of thioether (sulfide) groups is 1. The maximum absolute atomic E-state index is 12.4. The molecule has 10 heteroatoms. The first kappa shape index (κ1) is 22.3. The highest BCUT2D eigenvalue weighted by Gasteiger charge is 2.23. The molecule has 2 heterocycles. The van der Waals surface area contributed by atoms with Gasteiger partial charge in [0.2, 0.25) is 0 Å². The Kier molecular flexibility index (Phi) is 6.84. The zero-order valence-electron chi connectivity index (χ0n) is 18.0. The van der Waals surface area contributed by atoms with E-state index < -0.39 is 0 Å². The van der Waals surface area contributed by atoms with E-state index in [1.54, 1.807) is 26.4 Å². The lowest BCUT2D eigenvalue weighted by Gasteiger charge is -2.23. The maximum atomic E-state index is 12.4. The van der Waals surface area contributed by atoms with Crippen molar-refractivity contribution in [2.24, 2.45) is 5.10 Å². The number of carbonyl (C=O) groups excluding carboxylic acids is 2. The first-order valence-electron chi connectivity index (χ1n) is 9.98. The Morgan fingerprint density at radius 3 is 2.58 bits per heavy atom. The first-order chi connectivity index (χ1) is 16.1. The molecule has 0 saturated carbocycles. The van der Waals surface area contributed by atoms with Gasteiger partial charge in [-0.15, -0.1) is 0 Å². The Bertz CT molecular complexity index is 1190. The van der Waals surface area contributed by atoms with Crippen molar-refractivity contribution >= 4 is 34.3 Å². The van der Waals surface area contributed by atoms with Gasteiger partial charge in [-0.2, -0.15) is 5.10 Å². The van der Waals surface area contributed by atoms with Crippen molar-refractivity contribution in [2.45, 2.75) is 6.54 Å². The van der Waals surface area contributed by atoms with Crippen LogP contribution in [0.2, 0.25) is 0 Å². The Hall–Kier alpha value is -3.92. The molecule has 0 radical (unpaired) electrons. The van der Waals surface area contributed by atoms with Crippen LogP contribution in [0.3, 0.4) is 0 Å². The highest BCUT2D eigenvalue weighted by molar-refractivity contribution is 8.14. The van der Waals surface area contributed by atoms with Crippen LogP contribution in [-0.4, -0.2) is 51.8 Å². The van der Waals surface area contributed by atoms with Gasteiger partial charge in [0.25, 0.3) is 5.91 Å². The molecular formula is C23H21N5O4S. The molecular weight excluding hydrogens is 442 g/mol. The summed E-state index contributed by atoms with van der Waals surface area (Å²) in [6.07, 6.45) is 4.37. The molecule has 4 rings (SSSR count). The molecule has 0 atom stereocenters. The number of carbonyl (C=O) groups is 2. The molecule has 9 nitrogen and oxygen atoms in total. The highest BCUT2D eigenvalue weighted by Crippen LogP contribution is 2.30. The highest BCUT2D eigenvalue weighted by atomic mass is 32.2. The minimum Gasteiger partial charge on any atom is -0.493 e. The van der Waals surface area contributed by atoms with Crippen molar-refractivity contribution in [3.63, 3.8) is 0 Å². The minimum absolute atomic E-state index is 0.126. The summed E-state index contributed by atoms with van der Waals surface area (Å²) in [6, 6.07) is 12.8. The van der Waals surface area contributed by atoms with Crippen LogP contribution in [0.25, 0.3) is 0 Å². The summed E-state index contributed by atoms with van der Waals surface area (Å²) in [5.74, 6) is 1.36. The lowest BCUT2D eigenvalue weighted by Crippen LogP contribution is -2.29. The van der Waals surface area contributed by atoms with Crippen LogP contribution in [0.5, 0.6) is 11.5 Å². The van der Waals surface area contributed by atoms with Gasteiger partial charge in [0, 0.05) is 29.4 Å². The van der Waals surface area contributed by atoms with Crippen molar-refractivity contribution in [3.8, 4) is 11.5 Å². The predicted octanol–water partition coefficient (Wildman–Crippen LogP) is 3.82. The van der Waals surface area contributed by atoms with Gasteiger partial charge in [0.15, 0.2) is 11.5 Å². The van der Waals surface area contributed by atoms with E-state index in [2.05, 4.69) is 20.4 Å². The summed E-state index contributed by atoms with van der Waals surface area (Å²) in [7, 11) is 3.16. The molecule has 0 fully saturated rings. The van der Waals surface area contributed by atoms with Gasteiger partial charge in [0.1, 0.15) is 5.69 Å². The van der Waals surface area contributed by atoms with Gasteiger partial charge in [0.05, 0.1) is 32.7 Å². The van der Waals surface area contributed by atoms with Crippen molar-refractivity contribution in [1.29, 1.82) is 0 Å². The summed E-state index contributed by atoms with van der Waals surface area (Å²) in [6.45, 7) is 0.307. The van der Waals surface area contributed by atoms with Crippen molar-refractivity contribution < 1.29 is 19.1 Å². The lowest BCUT2D eigenvalue weighted by molar-refractivity contribution is 0.102. The van der Waals surface area contributed by atoms with Crippen molar-refractivity contribution in [3.05, 3.63) is 77.9 Å². The molecule has 0 spiro atoms. The molecule has 1 N–H and O–H groups in total. The number of nitrogens with zero attached hydrogens (tertiary/aromatic N) is 4. The van der Waals surface area contributed by atoms with Crippen molar-refractivity contribution in [2.75, 3.05) is 25.3 Å². The van der Waals surface area contributed by atoms with E-state index in [0.29, 0.717) is 29.5 Å². The number of benzene rings is 2. The third kappa shape index (κ3) is 5.29. The molecule has 2 aromatic carbocycles. The number of hydrazone groups is 1. The molecule has 168 valence electrons. The topological polar surface area (TPSA) is 106 Å². The van der Waals surface area contributed by atoms with Crippen LogP contribution in [0.1, 0.15) is 21.6 Å². The van der Waals surface area contributed by atoms with E-state index in [9.17, 15) is 9.59 Å². The Morgan fingerprint density at radius 2 is 1.88 bits per heavy atom. The standard InChI is InChI=1S/C23H21N5O4S/c1-31-20-8-5-16(11-21(20)32-2)19-14-33-23(30)28(27-19)13-15-3-6-17(7-4-15)26-22(29)18-12-24-9-10-25-18/h3-12H,13-14H2,1-2H3,(H,26,29). The lowest BCUT2D eigenvalue weighted by atomic mass is 10.1. The zero-order valence-corrected chi connectivity index (χ0v) is 18.8. The fourth-order valence-electron chi connectivity index (χ4n) is 3.15. The summed E-state index contributed by atoms with van der Waals surface area (Å²) < 4.78 is 10.7. The molecule has 0 unspecified atom stereocenters. The molecule has 1 aromatic heterocycles. The smallest absolute Gasteiger partial charge is 0.302 e. The van der Waals surface area contributed by atoms with Gasteiger partial charge in [-0.05, 0) is 35.9 Å². The van der Waals surface area contributed by atoms with Gasteiger partial charge < -0.3 is 14.8 Å². The average molecular weight is 464 g/mol. The fraction of sp³-hybridized carbons (Fsp3) is 0.174. The van der Waals surface area contributed by atoms with Crippen LogP contribution in [-0.2, 0) is 6.54 Å². The number of rotatable bonds is 7. The molecule has 0 aliphatic carbocycles. The molecule has 1 aliphatic heterocycles. The van der Waals surface area contributed by atoms with E-state index in [0.717, 1.165) is 16.8 Å². The van der Waals surface area contributed by atoms with E-state index in [1.807, 2.05) is 30.3 Å². The summed E-state index contributed by atoms with van der Waals surface area (Å²) >= 11 is 1.20. The number of hydrogen-bond donors (Lipinski definition) is 1. The first-order valence-corrected chi connectivity index (χ1v) is 11.0. The van der Waals surface area contributed by atoms with E-state index in [4.69, 9.17) is 9.47 Å². The summed E-state index contributed by atoms with van der Waals surface area (Å²) in [5.41, 5.74) is 3.35. The van der Waals surface area contributed by atoms with Crippen LogP contribution < -0.4 is 14.8 Å². The molecule has 3 aromatic rings. The number of aromatic nitrogens is 2. The normalized spacial score (nSPS) is 13.3. The number of hydrogen-bond acceptors (Lipinski definition) is 8. The fourth-order valence-corrected chi connectivity index (χ4v) is 3.89. The molecule has 1 aliphatic rings. The third-order valence-electron chi connectivity index (χ3n) is 4.84. The van der Waals surface area contributed by atoms with Crippen LogP contribution in [0.4, 0.5) is 10.5 Å². The third-order valence-corrected chi connectivity index (χ3v) is 5.72. The van der Waals surface area contributed by atoms with Gasteiger partial charge >= 0.3 is 5.24 Å². The van der Waals surface area contributed by atoms with Crippen molar-refractivity contribution in [1.82, 2.24) is 15.0 Å². The summed E-state index contributed by atoms with van der Waals surface area (Å²) in [4.78, 5) is 32.5. The molecule has 33 heavy (non-hydrogen) atoms. The van der Waals surface area contributed by atoms with Crippen LogP contribution in [0.15, 0.2) is 66.2 Å². The van der Waals surface area contributed by atoms with Gasteiger partial charge in [-0.25, -0.2) is 9.99 Å². The van der Waals surface area contributed by atoms with Gasteiger partial charge in [-0.1, -0.05) is 23.9 Å². The van der Waals surface area contributed by atoms with E-state index in [1.165, 1.54) is 35.4 Å². The Balaban J connectivity index is 1.46. The Morgan fingerprint density at radius 1 is 1.09 bits per heavy atom. The quantitative estimate of drug-likeness (QED) is 0.568. The van der Waals surface area contributed by atoms with E-state index >= 15 is 0 Å². The Labute approximate surface area is 194 Å². The summed E-state index contributed by atoms with van der Waals surface area (Å²) in [5, 5.41) is 8.65. The maximum Gasteiger partial charge on any atom is 0.302 e. The predicted molar refractivity (Wildman–Crippen MR) is 126 cm³/mol. The number of nitrogens with one attached hydrogen (secondary N) is 1. The SMILES string of the molecule is COc1ccc(C2=NN(Cc3ccc(NC(=O)c4cnccn4)cc3)C(=O)SC2)cc1OC. The molecule has 2 amide bonds. The van der Waals surface area contributed by atoms with Gasteiger partial charge in [-0.3, -0.25) is 14.6 Å². The number of ether oxygens (including phenoxy) is 2. The second-order valence-electron chi connectivity index (χ2n) is 6.97. The van der Waals surface area contributed by atoms with E-state index in [-0.39, 0.29) is 16.8 Å². The number of anilines is 1. The number of methoxy groups -OCH3 is 2. The molecule has 0 saturated heterocycles. The second kappa shape index (κ2) is 10.1. The second-order valence-corrected chi connectivity index (χ2v) is 7.90. The minimum atomic E-state index is -0.345. The monoisotopic (exact) mass is 463 g/mol. The van der Waals surface area contributed by atoms with Crippen LogP contribution >= 0.6 is 11.8 Å². The molecule has 0 bridgehead atoms. The zero-order chi connectivity index (χ0) is 23.2. The number of amides is 2. The van der Waals surface area contributed by atoms with Crippen LogP contribution in [0, 0.1) is 0 Å². The average Bonchev–Trinajstić information content (AvgIpc) is 2.86.